The number of imidazole rings is 1. The van der Waals surface area contributed by atoms with Gasteiger partial charge in [-0.3, -0.25) is 10.1 Å². The van der Waals surface area contributed by atoms with Gasteiger partial charge in [0.15, 0.2) is 23.0 Å². The molecule has 0 fully saturated rings. The van der Waals surface area contributed by atoms with Crippen molar-refractivity contribution < 1.29 is 9.47 Å². The summed E-state index contributed by atoms with van der Waals surface area (Å²) in [7, 11) is 4.08. The molecule has 0 radical (unpaired) electrons. The van der Waals surface area contributed by atoms with E-state index in [1.54, 1.807) is 0 Å². The number of nitrogens with zero attached hydrogens (tertiary/aromatic N) is 5. The highest BCUT2D eigenvalue weighted by Gasteiger charge is 2.19. The summed E-state index contributed by atoms with van der Waals surface area (Å²) < 4.78 is 11.0. The number of ether oxygens (including phenoxy) is 2. The first-order valence-electron chi connectivity index (χ1n) is 12.0. The molecule has 9 nitrogen and oxygen atoms in total. The Bertz CT molecular complexity index is 1790. The van der Waals surface area contributed by atoms with Crippen molar-refractivity contribution in [1.82, 2.24) is 35.0 Å². The van der Waals surface area contributed by atoms with Crippen molar-refractivity contribution in [2.45, 2.75) is 6.54 Å². The second-order valence-corrected chi connectivity index (χ2v) is 9.34. The number of benzene rings is 2. The molecule has 182 valence electrons. The molecule has 0 saturated carbocycles. The second-order valence-electron chi connectivity index (χ2n) is 9.34. The number of nitrogens with one attached hydrogen (secondary N) is 2. The number of H-pyrrole nitrogens is 2. The van der Waals surface area contributed by atoms with Crippen LogP contribution in [0.5, 0.6) is 11.5 Å². The largest absolute Gasteiger partial charge is 0.454 e. The van der Waals surface area contributed by atoms with Crippen molar-refractivity contribution >= 4 is 22.1 Å². The van der Waals surface area contributed by atoms with E-state index in [1.807, 2.05) is 69.0 Å². The molecule has 2 N–H and O–H groups in total. The Morgan fingerprint density at radius 2 is 1.78 bits per heavy atom. The standard InChI is InChI=1S/C28H23N7O2/c1-35(2)14-16-10-18(13-29-12-16)20-7-8-22-26(30-20)27(34-33-22)28-31-21-5-3-4-19(25(21)32-28)17-6-9-23-24(11-17)37-15-36-23/h3-13H,14-15H2,1-2H3,(H,31,32)(H,33,34). The van der Waals surface area contributed by atoms with Crippen molar-refractivity contribution in [3.05, 3.63) is 72.6 Å². The van der Waals surface area contributed by atoms with Crippen molar-refractivity contribution in [3.8, 4) is 45.4 Å². The van der Waals surface area contributed by atoms with Gasteiger partial charge in [0.25, 0.3) is 0 Å². The SMILES string of the molecule is CN(C)Cc1cncc(-c2ccc3[nH]nc(-c4nc5c(-c6ccc7c(c6)OCO7)cccc5[nH]4)c3n2)c1. The maximum atomic E-state index is 5.58. The Labute approximate surface area is 212 Å². The van der Waals surface area contributed by atoms with E-state index in [2.05, 4.69) is 37.2 Å². The zero-order valence-corrected chi connectivity index (χ0v) is 20.3. The van der Waals surface area contributed by atoms with Crippen LogP contribution >= 0.6 is 0 Å². The molecule has 0 bridgehead atoms. The summed E-state index contributed by atoms with van der Waals surface area (Å²) in [6.07, 6.45) is 3.73. The first kappa shape index (κ1) is 21.5. The van der Waals surface area contributed by atoms with E-state index in [9.17, 15) is 0 Å². The van der Waals surface area contributed by atoms with Gasteiger partial charge in [0.1, 0.15) is 5.52 Å². The van der Waals surface area contributed by atoms with E-state index in [0.717, 1.165) is 68.1 Å². The van der Waals surface area contributed by atoms with Crippen LogP contribution in [-0.4, -0.2) is 55.9 Å². The van der Waals surface area contributed by atoms with Gasteiger partial charge in [-0.1, -0.05) is 18.2 Å². The molecule has 4 aromatic heterocycles. The number of hydrogen-bond donors (Lipinski definition) is 2. The maximum absolute atomic E-state index is 5.58. The van der Waals surface area contributed by atoms with Gasteiger partial charge < -0.3 is 19.4 Å². The third-order valence-electron chi connectivity index (χ3n) is 6.42. The molecule has 0 amide bonds. The lowest BCUT2D eigenvalue weighted by Gasteiger charge is -2.10. The van der Waals surface area contributed by atoms with Crippen LogP contribution in [0.2, 0.25) is 0 Å². The van der Waals surface area contributed by atoms with E-state index >= 15 is 0 Å². The topological polar surface area (TPSA) is 105 Å². The van der Waals surface area contributed by atoms with Crippen LogP contribution in [0, 0.1) is 0 Å². The van der Waals surface area contributed by atoms with Gasteiger partial charge in [-0.05, 0) is 61.6 Å². The predicted octanol–water partition coefficient (Wildman–Crippen LogP) is 5.02. The molecule has 1 aliphatic heterocycles. The monoisotopic (exact) mass is 489 g/mol. The fourth-order valence-corrected chi connectivity index (χ4v) is 4.75. The van der Waals surface area contributed by atoms with Gasteiger partial charge in [0, 0.05) is 30.1 Å². The second kappa shape index (κ2) is 8.42. The zero-order chi connectivity index (χ0) is 24.9. The number of pyridine rings is 2. The molecule has 2 aromatic carbocycles. The predicted molar refractivity (Wildman–Crippen MR) is 141 cm³/mol. The number of aromatic amines is 2. The molecule has 1 aliphatic rings. The van der Waals surface area contributed by atoms with Crippen LogP contribution in [0.25, 0.3) is 56.0 Å². The van der Waals surface area contributed by atoms with Crippen LogP contribution in [-0.2, 0) is 6.54 Å². The van der Waals surface area contributed by atoms with Gasteiger partial charge in [0.2, 0.25) is 6.79 Å². The summed E-state index contributed by atoms with van der Waals surface area (Å²) in [6, 6.07) is 18.1. The van der Waals surface area contributed by atoms with Crippen LogP contribution < -0.4 is 9.47 Å². The quantitative estimate of drug-likeness (QED) is 0.350. The normalized spacial score (nSPS) is 12.7. The van der Waals surface area contributed by atoms with Crippen molar-refractivity contribution in [3.63, 3.8) is 0 Å². The van der Waals surface area contributed by atoms with Gasteiger partial charge in [-0.25, -0.2) is 9.97 Å². The highest BCUT2D eigenvalue weighted by molar-refractivity contribution is 5.96. The summed E-state index contributed by atoms with van der Waals surface area (Å²) in [5.74, 6) is 2.15. The van der Waals surface area contributed by atoms with Crippen molar-refractivity contribution in [2.24, 2.45) is 0 Å². The highest BCUT2D eigenvalue weighted by Crippen LogP contribution is 2.38. The molecule has 0 atom stereocenters. The van der Waals surface area contributed by atoms with Crippen LogP contribution in [0.15, 0.2) is 67.0 Å². The molecule has 37 heavy (non-hydrogen) atoms. The first-order valence-corrected chi connectivity index (χ1v) is 12.0. The van der Waals surface area contributed by atoms with Gasteiger partial charge >= 0.3 is 0 Å². The summed E-state index contributed by atoms with van der Waals surface area (Å²) in [6.45, 7) is 1.05. The third-order valence-corrected chi connectivity index (χ3v) is 6.42. The molecule has 0 aliphatic carbocycles. The zero-order valence-electron chi connectivity index (χ0n) is 20.3. The summed E-state index contributed by atoms with van der Waals surface area (Å²) >= 11 is 0. The Hall–Kier alpha value is -4.76. The van der Waals surface area contributed by atoms with E-state index < -0.39 is 0 Å². The fraction of sp³-hybridized carbons (Fsp3) is 0.143. The van der Waals surface area contributed by atoms with Crippen LogP contribution in [0.1, 0.15) is 5.56 Å². The number of fused-ring (bicyclic) bond motifs is 3. The van der Waals surface area contributed by atoms with E-state index in [-0.39, 0.29) is 6.79 Å². The minimum absolute atomic E-state index is 0.243. The van der Waals surface area contributed by atoms with E-state index in [1.165, 1.54) is 0 Å². The molecule has 0 saturated heterocycles. The molecule has 5 heterocycles. The van der Waals surface area contributed by atoms with Gasteiger partial charge in [-0.15, -0.1) is 0 Å². The Kier molecular flexibility index (Phi) is 4.90. The average Bonchev–Trinajstić information content (AvgIpc) is 3.65. The number of aromatic nitrogens is 6. The third kappa shape index (κ3) is 3.76. The smallest absolute Gasteiger partial charge is 0.231 e. The molecule has 9 heteroatoms. The average molecular weight is 490 g/mol. The van der Waals surface area contributed by atoms with Crippen molar-refractivity contribution in [1.29, 1.82) is 0 Å². The molecule has 0 spiro atoms. The molecular weight excluding hydrogens is 466 g/mol. The number of hydrogen-bond acceptors (Lipinski definition) is 7. The highest BCUT2D eigenvalue weighted by atomic mass is 16.7. The summed E-state index contributed by atoms with van der Waals surface area (Å²) in [5.41, 5.74) is 8.95. The summed E-state index contributed by atoms with van der Waals surface area (Å²) in [4.78, 5) is 19.9. The molecular formula is C28H23N7O2. The summed E-state index contributed by atoms with van der Waals surface area (Å²) in [5, 5.41) is 7.66. The first-order chi connectivity index (χ1) is 18.1. The van der Waals surface area contributed by atoms with Crippen LogP contribution in [0.4, 0.5) is 0 Å². The lowest BCUT2D eigenvalue weighted by molar-refractivity contribution is 0.174. The van der Waals surface area contributed by atoms with E-state index in [0.29, 0.717) is 11.5 Å². The van der Waals surface area contributed by atoms with Gasteiger partial charge in [0.05, 0.1) is 22.2 Å². The Balaban J connectivity index is 1.31. The van der Waals surface area contributed by atoms with Crippen LogP contribution in [0.3, 0.4) is 0 Å². The lowest BCUT2D eigenvalue weighted by atomic mass is 10.0. The molecule has 7 rings (SSSR count). The lowest BCUT2D eigenvalue weighted by Crippen LogP contribution is -2.10. The number of para-hydroxylation sites is 1. The van der Waals surface area contributed by atoms with Crippen molar-refractivity contribution in [2.75, 3.05) is 20.9 Å². The maximum Gasteiger partial charge on any atom is 0.231 e. The Morgan fingerprint density at radius 3 is 2.70 bits per heavy atom. The molecule has 0 unspecified atom stereocenters. The minimum atomic E-state index is 0.243. The fourth-order valence-electron chi connectivity index (χ4n) is 4.75. The minimum Gasteiger partial charge on any atom is -0.454 e. The van der Waals surface area contributed by atoms with E-state index in [4.69, 9.17) is 19.4 Å². The van der Waals surface area contributed by atoms with Gasteiger partial charge in [-0.2, -0.15) is 5.10 Å². The number of rotatable bonds is 5. The molecule has 6 aromatic rings. The Morgan fingerprint density at radius 1 is 0.865 bits per heavy atom.